The summed E-state index contributed by atoms with van der Waals surface area (Å²) in [5.41, 5.74) is 0.485. The molecule has 1 aromatic carbocycles. The van der Waals surface area contributed by atoms with E-state index in [1.54, 1.807) is 0 Å². The number of aromatic hydroxyl groups is 1. The molecule has 0 aliphatic rings. The Morgan fingerprint density at radius 3 is 2.93 bits per heavy atom. The van der Waals surface area contributed by atoms with Crippen molar-refractivity contribution in [3.63, 3.8) is 0 Å². The first-order valence-electron chi connectivity index (χ1n) is 4.30. The van der Waals surface area contributed by atoms with E-state index in [2.05, 4.69) is 0 Å². The lowest BCUT2D eigenvalue weighted by molar-refractivity contribution is 0.112. The highest BCUT2D eigenvalue weighted by molar-refractivity contribution is 5.76. The maximum absolute atomic E-state index is 10.4. The summed E-state index contributed by atoms with van der Waals surface area (Å²) in [5, 5.41) is 9.36. The van der Waals surface area contributed by atoms with Gasteiger partial charge in [-0.2, -0.15) is 0 Å². The molecule has 0 saturated carbocycles. The summed E-state index contributed by atoms with van der Waals surface area (Å²) in [6.07, 6.45) is 4.37. The molecule has 3 nitrogen and oxygen atoms in total. The van der Waals surface area contributed by atoms with Gasteiger partial charge in [-0.3, -0.25) is 4.79 Å². The Hall–Kier alpha value is -1.77. The number of carbonyl (C=O) groups excluding carboxylic acids is 1. The highest BCUT2D eigenvalue weighted by Crippen LogP contribution is 2.26. The number of phenols is 1. The van der Waals surface area contributed by atoms with Crippen LogP contribution in [0.3, 0.4) is 0 Å². The van der Waals surface area contributed by atoms with Crippen molar-refractivity contribution >= 4 is 6.29 Å². The van der Waals surface area contributed by atoms with Gasteiger partial charge in [-0.1, -0.05) is 12.2 Å². The third-order valence-electron chi connectivity index (χ3n) is 1.69. The van der Waals surface area contributed by atoms with Gasteiger partial charge in [0.2, 0.25) is 0 Å². The maximum atomic E-state index is 10.4. The van der Waals surface area contributed by atoms with Crippen molar-refractivity contribution in [1.29, 1.82) is 0 Å². The number of phenolic OH excluding ortho intramolecular Hbond substituents is 1. The average Bonchev–Trinajstić information content (AvgIpc) is 2.21. The van der Waals surface area contributed by atoms with E-state index in [9.17, 15) is 9.90 Å². The largest absolute Gasteiger partial charge is 0.504 e. The van der Waals surface area contributed by atoms with Gasteiger partial charge in [0.15, 0.2) is 11.5 Å². The second kappa shape index (κ2) is 5.07. The van der Waals surface area contributed by atoms with Crippen molar-refractivity contribution in [2.45, 2.75) is 6.92 Å². The van der Waals surface area contributed by atoms with Crippen molar-refractivity contribution < 1.29 is 14.6 Å². The van der Waals surface area contributed by atoms with Gasteiger partial charge in [0.05, 0.1) is 0 Å². The van der Waals surface area contributed by atoms with Gasteiger partial charge in [-0.05, 0) is 25.1 Å². The number of ether oxygens (including phenoxy) is 1. The van der Waals surface area contributed by atoms with Gasteiger partial charge in [-0.25, -0.2) is 0 Å². The molecule has 0 spiro atoms. The van der Waals surface area contributed by atoms with Crippen LogP contribution in [-0.4, -0.2) is 18.0 Å². The van der Waals surface area contributed by atoms with Gasteiger partial charge >= 0.3 is 0 Å². The molecule has 74 valence electrons. The molecule has 0 fully saturated rings. The molecule has 0 bridgehead atoms. The Balaban J connectivity index is 2.78. The molecule has 0 radical (unpaired) electrons. The summed E-state index contributed by atoms with van der Waals surface area (Å²) in [4.78, 5) is 10.4. The monoisotopic (exact) mass is 192 g/mol. The first-order valence-corrected chi connectivity index (χ1v) is 4.30. The molecule has 1 rings (SSSR count). The number of allylic oxidation sites excluding steroid dienone is 1. The first kappa shape index (κ1) is 10.3. The van der Waals surface area contributed by atoms with Crippen molar-refractivity contribution in [2.24, 2.45) is 0 Å². The maximum Gasteiger partial charge on any atom is 0.162 e. The molecule has 0 aliphatic heterocycles. The van der Waals surface area contributed by atoms with E-state index in [0.717, 1.165) is 0 Å². The lowest BCUT2D eigenvalue weighted by atomic mass is 10.2. The molecule has 3 heteroatoms. The number of rotatable bonds is 4. The summed E-state index contributed by atoms with van der Waals surface area (Å²) < 4.78 is 5.22. The van der Waals surface area contributed by atoms with E-state index >= 15 is 0 Å². The average molecular weight is 192 g/mol. The Labute approximate surface area is 82.6 Å². The van der Waals surface area contributed by atoms with Crippen LogP contribution in [0.5, 0.6) is 11.5 Å². The van der Waals surface area contributed by atoms with E-state index in [4.69, 9.17) is 4.74 Å². The third kappa shape index (κ3) is 2.62. The zero-order valence-corrected chi connectivity index (χ0v) is 7.93. The van der Waals surface area contributed by atoms with Gasteiger partial charge in [0, 0.05) is 5.56 Å². The lowest BCUT2D eigenvalue weighted by Gasteiger charge is -2.05. The van der Waals surface area contributed by atoms with Crippen molar-refractivity contribution in [3.05, 3.63) is 35.9 Å². The molecule has 0 amide bonds. The number of benzene rings is 1. The van der Waals surface area contributed by atoms with Crippen LogP contribution in [-0.2, 0) is 0 Å². The fourth-order valence-corrected chi connectivity index (χ4v) is 0.954. The fraction of sp³-hybridized carbons (Fsp3) is 0.182. The third-order valence-corrected chi connectivity index (χ3v) is 1.69. The Bertz CT molecular complexity index is 342. The van der Waals surface area contributed by atoms with Gasteiger partial charge in [0.1, 0.15) is 12.9 Å². The molecule has 1 aromatic rings. The zero-order valence-electron chi connectivity index (χ0n) is 7.93. The van der Waals surface area contributed by atoms with Gasteiger partial charge in [-0.15, -0.1) is 0 Å². The second-order valence-electron chi connectivity index (χ2n) is 2.73. The highest BCUT2D eigenvalue weighted by Gasteiger charge is 2.02. The van der Waals surface area contributed by atoms with Crippen LogP contribution in [0, 0.1) is 0 Å². The van der Waals surface area contributed by atoms with Crippen LogP contribution in [0.2, 0.25) is 0 Å². The Morgan fingerprint density at radius 2 is 2.29 bits per heavy atom. The Kier molecular flexibility index (Phi) is 3.73. The smallest absolute Gasteiger partial charge is 0.162 e. The topological polar surface area (TPSA) is 46.5 Å². The molecule has 0 heterocycles. The highest BCUT2D eigenvalue weighted by atomic mass is 16.5. The summed E-state index contributed by atoms with van der Waals surface area (Å²) in [5.74, 6) is 0.368. The fourth-order valence-electron chi connectivity index (χ4n) is 0.954. The number of carbonyl (C=O) groups is 1. The zero-order chi connectivity index (χ0) is 10.4. The van der Waals surface area contributed by atoms with Crippen LogP contribution in [0.25, 0.3) is 0 Å². The van der Waals surface area contributed by atoms with Crippen molar-refractivity contribution in [3.8, 4) is 11.5 Å². The van der Waals surface area contributed by atoms with Crippen molar-refractivity contribution in [1.82, 2.24) is 0 Å². The predicted molar refractivity (Wildman–Crippen MR) is 53.8 cm³/mol. The van der Waals surface area contributed by atoms with E-state index in [1.165, 1.54) is 18.2 Å². The van der Waals surface area contributed by atoms with Crippen LogP contribution >= 0.6 is 0 Å². The summed E-state index contributed by atoms with van der Waals surface area (Å²) >= 11 is 0. The quantitative estimate of drug-likeness (QED) is 0.587. The molecular weight excluding hydrogens is 180 g/mol. The summed E-state index contributed by atoms with van der Waals surface area (Å²) in [6, 6.07) is 4.48. The molecule has 1 N–H and O–H groups in total. The van der Waals surface area contributed by atoms with Crippen LogP contribution in [0.15, 0.2) is 30.4 Å². The van der Waals surface area contributed by atoms with Crippen LogP contribution in [0.1, 0.15) is 17.3 Å². The first-order chi connectivity index (χ1) is 6.77. The van der Waals surface area contributed by atoms with E-state index < -0.39 is 0 Å². The molecule has 0 unspecified atom stereocenters. The second-order valence-corrected chi connectivity index (χ2v) is 2.73. The minimum absolute atomic E-state index is 0.0418. The molecule has 0 saturated heterocycles. The van der Waals surface area contributed by atoms with E-state index in [0.29, 0.717) is 24.2 Å². The summed E-state index contributed by atoms with van der Waals surface area (Å²) in [6.45, 7) is 2.26. The molecular formula is C11H12O3. The van der Waals surface area contributed by atoms with Crippen LogP contribution in [0.4, 0.5) is 0 Å². The SMILES string of the molecule is C/C=C/COc1cc(C=O)ccc1O. The normalized spacial score (nSPS) is 10.4. The Morgan fingerprint density at radius 1 is 1.50 bits per heavy atom. The van der Waals surface area contributed by atoms with Gasteiger partial charge in [0.25, 0.3) is 0 Å². The standard InChI is InChI=1S/C11H12O3/c1-2-3-6-14-11-7-9(8-12)4-5-10(11)13/h2-5,7-8,13H,6H2,1H3/b3-2+. The van der Waals surface area contributed by atoms with Gasteiger partial charge < -0.3 is 9.84 Å². The molecule has 0 aliphatic carbocycles. The predicted octanol–water partition coefficient (Wildman–Crippen LogP) is 2.16. The number of hydrogen-bond donors (Lipinski definition) is 1. The minimum atomic E-state index is 0.0418. The van der Waals surface area contributed by atoms with E-state index in [-0.39, 0.29) is 5.75 Å². The van der Waals surface area contributed by atoms with Crippen LogP contribution < -0.4 is 4.74 Å². The molecule has 0 atom stereocenters. The number of aldehydes is 1. The minimum Gasteiger partial charge on any atom is -0.504 e. The summed E-state index contributed by atoms with van der Waals surface area (Å²) in [7, 11) is 0. The lowest BCUT2D eigenvalue weighted by Crippen LogP contribution is -1.94. The number of hydrogen-bond acceptors (Lipinski definition) is 3. The van der Waals surface area contributed by atoms with Crippen molar-refractivity contribution in [2.75, 3.05) is 6.61 Å². The molecule has 14 heavy (non-hydrogen) atoms. The molecule has 0 aromatic heterocycles. The van der Waals surface area contributed by atoms with E-state index in [1.807, 2.05) is 19.1 Å².